The van der Waals surface area contributed by atoms with Gasteiger partial charge in [-0.15, -0.1) is 0 Å². The smallest absolute Gasteiger partial charge is 0.351 e. The summed E-state index contributed by atoms with van der Waals surface area (Å²) in [5.41, 5.74) is -0.849. The van der Waals surface area contributed by atoms with E-state index in [9.17, 15) is 19.2 Å². The first kappa shape index (κ1) is 18.2. The number of imide groups is 1. The Morgan fingerprint density at radius 3 is 2.68 bits per heavy atom. The molecule has 0 aliphatic heterocycles. The molecule has 132 valence electrons. The van der Waals surface area contributed by atoms with Crippen LogP contribution in [-0.2, 0) is 9.53 Å². The second-order valence-electron chi connectivity index (χ2n) is 5.39. The summed E-state index contributed by atoms with van der Waals surface area (Å²) in [7, 11) is 0. The van der Waals surface area contributed by atoms with Crippen LogP contribution in [0, 0.1) is 0 Å². The summed E-state index contributed by atoms with van der Waals surface area (Å²) < 4.78 is 9.78. The molecule has 0 aliphatic carbocycles. The van der Waals surface area contributed by atoms with E-state index in [-0.39, 0.29) is 11.6 Å². The van der Waals surface area contributed by atoms with Crippen molar-refractivity contribution in [3.63, 3.8) is 0 Å². The predicted octanol–water partition coefficient (Wildman–Crippen LogP) is 1.57. The van der Waals surface area contributed by atoms with Crippen LogP contribution in [0.15, 0.2) is 39.5 Å². The Hall–Kier alpha value is -3.16. The third-order valence-electron chi connectivity index (χ3n) is 3.44. The average molecular weight is 346 g/mol. The highest BCUT2D eigenvalue weighted by molar-refractivity contribution is 5.97. The minimum absolute atomic E-state index is 0.0995. The molecule has 0 fully saturated rings. The monoisotopic (exact) mass is 346 g/mol. The third-order valence-corrected chi connectivity index (χ3v) is 3.44. The number of nitrogens with one attached hydrogen (secondary N) is 2. The van der Waals surface area contributed by atoms with E-state index in [0.29, 0.717) is 17.4 Å². The van der Waals surface area contributed by atoms with Crippen molar-refractivity contribution >= 4 is 28.9 Å². The zero-order valence-electron chi connectivity index (χ0n) is 13.8. The van der Waals surface area contributed by atoms with Crippen molar-refractivity contribution in [1.29, 1.82) is 0 Å². The topological polar surface area (TPSA) is 115 Å². The van der Waals surface area contributed by atoms with Crippen molar-refractivity contribution in [2.24, 2.45) is 0 Å². The van der Waals surface area contributed by atoms with Gasteiger partial charge in [-0.1, -0.05) is 25.1 Å². The number of benzene rings is 1. The number of hydrogen-bond donors (Lipinski definition) is 2. The summed E-state index contributed by atoms with van der Waals surface area (Å²) in [6.45, 7) is 2.96. The van der Waals surface area contributed by atoms with Gasteiger partial charge < -0.3 is 14.5 Å². The summed E-state index contributed by atoms with van der Waals surface area (Å²) in [6, 6.07) is 7.23. The molecule has 1 aromatic heterocycles. The van der Waals surface area contributed by atoms with E-state index in [1.165, 1.54) is 6.07 Å². The minimum Gasteiger partial charge on any atom is -0.452 e. The fourth-order valence-electron chi connectivity index (χ4n) is 1.94. The van der Waals surface area contributed by atoms with Gasteiger partial charge in [-0.3, -0.25) is 10.1 Å². The van der Waals surface area contributed by atoms with Gasteiger partial charge in [0.25, 0.3) is 5.91 Å². The maximum absolute atomic E-state index is 12.0. The van der Waals surface area contributed by atoms with Crippen LogP contribution < -0.4 is 16.3 Å². The highest BCUT2D eigenvalue weighted by atomic mass is 16.5. The van der Waals surface area contributed by atoms with Crippen molar-refractivity contribution in [1.82, 2.24) is 10.6 Å². The number of amides is 3. The van der Waals surface area contributed by atoms with Crippen LogP contribution in [0.3, 0.4) is 0 Å². The first-order valence-corrected chi connectivity index (χ1v) is 7.71. The summed E-state index contributed by atoms with van der Waals surface area (Å²) in [5, 5.41) is 5.11. The van der Waals surface area contributed by atoms with E-state index in [0.717, 1.165) is 0 Å². The average Bonchev–Trinajstić information content (AvgIpc) is 2.58. The molecule has 3 amide bonds. The molecule has 8 nitrogen and oxygen atoms in total. The van der Waals surface area contributed by atoms with Crippen LogP contribution in [0.2, 0.25) is 0 Å². The van der Waals surface area contributed by atoms with Crippen molar-refractivity contribution in [2.75, 3.05) is 6.61 Å². The van der Waals surface area contributed by atoms with E-state index in [1.54, 1.807) is 31.2 Å². The van der Waals surface area contributed by atoms with Gasteiger partial charge in [0, 0.05) is 11.4 Å². The van der Waals surface area contributed by atoms with Crippen molar-refractivity contribution < 1.29 is 23.5 Å². The van der Waals surface area contributed by atoms with Gasteiger partial charge in [0.15, 0.2) is 6.61 Å². The van der Waals surface area contributed by atoms with E-state index in [1.807, 2.05) is 12.2 Å². The molecule has 2 N–H and O–H groups in total. The number of urea groups is 1. The molecule has 0 bridgehead atoms. The van der Waals surface area contributed by atoms with E-state index in [2.05, 4.69) is 5.32 Å². The zero-order chi connectivity index (χ0) is 18.4. The summed E-state index contributed by atoms with van der Waals surface area (Å²) in [4.78, 5) is 46.9. The fraction of sp³-hybridized carbons (Fsp3) is 0.294. The van der Waals surface area contributed by atoms with Gasteiger partial charge in [-0.2, -0.15) is 0 Å². The Kier molecular flexibility index (Phi) is 5.89. The van der Waals surface area contributed by atoms with Crippen LogP contribution in [0.4, 0.5) is 4.79 Å². The Labute approximate surface area is 143 Å². The van der Waals surface area contributed by atoms with Crippen LogP contribution in [-0.4, -0.2) is 30.6 Å². The second-order valence-corrected chi connectivity index (χ2v) is 5.39. The van der Waals surface area contributed by atoms with Gasteiger partial charge >= 0.3 is 17.6 Å². The van der Waals surface area contributed by atoms with Crippen LogP contribution in [0.5, 0.6) is 0 Å². The highest BCUT2D eigenvalue weighted by Crippen LogP contribution is 2.13. The molecule has 25 heavy (non-hydrogen) atoms. The Balaban J connectivity index is 1.96. The lowest BCUT2D eigenvalue weighted by atomic mass is 10.2. The molecule has 0 radical (unpaired) electrons. The maximum Gasteiger partial charge on any atom is 0.351 e. The van der Waals surface area contributed by atoms with Gasteiger partial charge in [0.1, 0.15) is 11.1 Å². The number of rotatable bonds is 5. The molecule has 0 saturated carbocycles. The fourth-order valence-corrected chi connectivity index (χ4v) is 1.94. The van der Waals surface area contributed by atoms with Gasteiger partial charge in [0.05, 0.1) is 0 Å². The first-order valence-electron chi connectivity index (χ1n) is 7.71. The lowest BCUT2D eigenvalue weighted by Crippen LogP contribution is -2.44. The standard InChI is InChI=1S/C17H18N2O6/c1-3-10(2)18-17(23)19-14(20)9-24-15(21)12-8-11-6-4-5-7-13(11)25-16(12)22/h4-8,10H,3,9H2,1-2H3,(H2,18,19,20,23)/t10-/m1/s1. The largest absolute Gasteiger partial charge is 0.452 e. The number of carbonyl (C=O) groups is 3. The SMILES string of the molecule is CC[C@@H](C)NC(=O)NC(=O)COC(=O)c1cc2ccccc2oc1=O. The lowest BCUT2D eigenvalue weighted by molar-refractivity contribution is -0.123. The molecule has 1 heterocycles. The molecule has 0 aliphatic rings. The molecule has 1 aromatic carbocycles. The van der Waals surface area contributed by atoms with Crippen molar-refractivity contribution in [3.05, 3.63) is 46.3 Å². The zero-order valence-corrected chi connectivity index (χ0v) is 13.8. The molecule has 0 saturated heterocycles. The van der Waals surface area contributed by atoms with E-state index >= 15 is 0 Å². The Morgan fingerprint density at radius 2 is 1.96 bits per heavy atom. The Bertz CT molecular complexity index is 858. The summed E-state index contributed by atoms with van der Waals surface area (Å²) >= 11 is 0. The van der Waals surface area contributed by atoms with Gasteiger partial charge in [-0.05, 0) is 25.5 Å². The molecular weight excluding hydrogens is 328 g/mol. The van der Waals surface area contributed by atoms with Crippen LogP contribution in [0.25, 0.3) is 11.0 Å². The van der Waals surface area contributed by atoms with E-state index < -0.39 is 30.1 Å². The molecule has 0 spiro atoms. The number of ether oxygens (including phenoxy) is 1. The first-order chi connectivity index (χ1) is 11.9. The van der Waals surface area contributed by atoms with Crippen molar-refractivity contribution in [3.8, 4) is 0 Å². The number of fused-ring (bicyclic) bond motifs is 1. The molecule has 8 heteroatoms. The second kappa shape index (κ2) is 8.09. The number of para-hydroxylation sites is 1. The van der Waals surface area contributed by atoms with Crippen LogP contribution in [0.1, 0.15) is 30.6 Å². The molecular formula is C17H18N2O6. The number of hydrogen-bond acceptors (Lipinski definition) is 6. The van der Waals surface area contributed by atoms with Crippen molar-refractivity contribution in [2.45, 2.75) is 26.3 Å². The third kappa shape index (κ3) is 4.90. The molecule has 0 unspecified atom stereocenters. The quantitative estimate of drug-likeness (QED) is 0.627. The predicted molar refractivity (Wildman–Crippen MR) is 89.2 cm³/mol. The van der Waals surface area contributed by atoms with Crippen LogP contribution >= 0.6 is 0 Å². The summed E-state index contributed by atoms with van der Waals surface area (Å²) in [5.74, 6) is -1.81. The minimum atomic E-state index is -1.00. The molecule has 2 aromatic rings. The molecule has 1 atom stereocenters. The number of carbonyl (C=O) groups excluding carboxylic acids is 3. The normalized spacial score (nSPS) is 11.6. The highest BCUT2D eigenvalue weighted by Gasteiger charge is 2.17. The molecule has 2 rings (SSSR count). The lowest BCUT2D eigenvalue weighted by Gasteiger charge is -2.11. The van der Waals surface area contributed by atoms with Gasteiger partial charge in [0.2, 0.25) is 0 Å². The van der Waals surface area contributed by atoms with Gasteiger partial charge in [-0.25, -0.2) is 14.4 Å². The summed E-state index contributed by atoms with van der Waals surface area (Å²) in [6.07, 6.45) is 0.703. The number of esters is 1. The maximum atomic E-state index is 12.0. The Morgan fingerprint density at radius 1 is 1.24 bits per heavy atom. The van der Waals surface area contributed by atoms with E-state index in [4.69, 9.17) is 9.15 Å².